The number of carbonyl (C=O) groups excluding carboxylic acids is 2. The van der Waals surface area contributed by atoms with Crippen molar-refractivity contribution in [3.8, 4) is 5.75 Å². The number of hydrogen-bond donors (Lipinski definition) is 1. The number of rotatable bonds is 6. The molecule has 6 heteroatoms. The van der Waals surface area contributed by atoms with E-state index < -0.39 is 0 Å². The first-order chi connectivity index (χ1) is 13.6. The van der Waals surface area contributed by atoms with Gasteiger partial charge in [0.1, 0.15) is 5.75 Å². The Labute approximate surface area is 170 Å². The zero-order valence-electron chi connectivity index (χ0n) is 16.0. The molecular weight excluding hydrogens is 376 g/mol. The summed E-state index contributed by atoms with van der Waals surface area (Å²) in [6, 6.07) is 14.7. The maximum atomic E-state index is 12.8. The largest absolute Gasteiger partial charge is 0.494 e. The van der Waals surface area contributed by atoms with Crippen molar-refractivity contribution < 1.29 is 14.3 Å². The Bertz CT molecular complexity index is 823. The third-order valence-corrected chi connectivity index (χ3v) is 5.21. The second kappa shape index (κ2) is 9.60. The monoisotopic (exact) mass is 400 g/mol. The maximum Gasteiger partial charge on any atom is 0.255 e. The van der Waals surface area contributed by atoms with E-state index in [-0.39, 0.29) is 17.7 Å². The number of ether oxygens (including phenoxy) is 1. The van der Waals surface area contributed by atoms with Crippen LogP contribution >= 0.6 is 11.6 Å². The summed E-state index contributed by atoms with van der Waals surface area (Å²) in [6.07, 6.45) is 1.58. The molecule has 0 unspecified atom stereocenters. The Morgan fingerprint density at radius 2 is 1.93 bits per heavy atom. The summed E-state index contributed by atoms with van der Waals surface area (Å²) in [7, 11) is 0. The number of nitrogens with one attached hydrogen (secondary N) is 1. The number of halogens is 1. The van der Waals surface area contributed by atoms with E-state index in [4.69, 9.17) is 16.3 Å². The van der Waals surface area contributed by atoms with Crippen molar-refractivity contribution in [2.45, 2.75) is 26.3 Å². The van der Waals surface area contributed by atoms with Crippen molar-refractivity contribution in [2.75, 3.05) is 19.7 Å². The van der Waals surface area contributed by atoms with Crippen molar-refractivity contribution in [1.29, 1.82) is 0 Å². The summed E-state index contributed by atoms with van der Waals surface area (Å²) in [5, 5.41) is 3.43. The number of piperidine rings is 1. The van der Waals surface area contributed by atoms with Crippen LogP contribution in [0.3, 0.4) is 0 Å². The van der Waals surface area contributed by atoms with Gasteiger partial charge in [0.15, 0.2) is 0 Å². The van der Waals surface area contributed by atoms with Crippen LogP contribution in [0.5, 0.6) is 5.75 Å². The minimum Gasteiger partial charge on any atom is -0.494 e. The molecule has 0 radical (unpaired) electrons. The molecule has 2 aromatic rings. The zero-order chi connectivity index (χ0) is 19.9. The predicted molar refractivity (Wildman–Crippen MR) is 110 cm³/mol. The highest BCUT2D eigenvalue weighted by molar-refractivity contribution is 6.33. The molecule has 2 amide bonds. The van der Waals surface area contributed by atoms with E-state index in [0.29, 0.717) is 36.8 Å². The van der Waals surface area contributed by atoms with E-state index >= 15 is 0 Å². The van der Waals surface area contributed by atoms with E-state index in [2.05, 4.69) is 5.32 Å². The molecule has 2 aromatic carbocycles. The molecule has 0 bridgehead atoms. The SMILES string of the molecule is CCOc1ccc(CNC(=O)[C@@H]2CCCN(C(=O)c3ccccc3Cl)C2)cc1. The Morgan fingerprint density at radius 3 is 2.64 bits per heavy atom. The lowest BCUT2D eigenvalue weighted by Gasteiger charge is -2.32. The second-order valence-corrected chi connectivity index (χ2v) is 7.27. The highest BCUT2D eigenvalue weighted by Gasteiger charge is 2.29. The third kappa shape index (κ3) is 5.04. The van der Waals surface area contributed by atoms with E-state index in [1.54, 1.807) is 29.2 Å². The van der Waals surface area contributed by atoms with Gasteiger partial charge >= 0.3 is 0 Å². The number of likely N-dealkylation sites (tertiary alicyclic amines) is 1. The highest BCUT2D eigenvalue weighted by atomic mass is 35.5. The van der Waals surface area contributed by atoms with Crippen LogP contribution in [-0.2, 0) is 11.3 Å². The minimum atomic E-state index is -0.206. The van der Waals surface area contributed by atoms with Crippen LogP contribution in [-0.4, -0.2) is 36.4 Å². The van der Waals surface area contributed by atoms with E-state index in [9.17, 15) is 9.59 Å². The third-order valence-electron chi connectivity index (χ3n) is 4.88. The summed E-state index contributed by atoms with van der Waals surface area (Å²) < 4.78 is 5.43. The molecule has 1 fully saturated rings. The van der Waals surface area contributed by atoms with E-state index in [1.165, 1.54) is 0 Å². The lowest BCUT2D eigenvalue weighted by atomic mass is 9.96. The number of hydrogen-bond acceptors (Lipinski definition) is 3. The molecule has 5 nitrogen and oxygen atoms in total. The van der Waals surface area contributed by atoms with Gasteiger partial charge in [0, 0.05) is 19.6 Å². The standard InChI is InChI=1S/C22H25ClN2O3/c1-2-28-18-11-9-16(10-12-18)14-24-21(26)17-6-5-13-25(15-17)22(27)19-7-3-4-8-20(19)23/h3-4,7-12,17H,2,5-6,13-15H2,1H3,(H,24,26)/t17-/m1/s1. The fourth-order valence-electron chi connectivity index (χ4n) is 3.38. The van der Waals surface area contributed by atoms with Crippen molar-refractivity contribution in [3.63, 3.8) is 0 Å². The molecule has 0 aliphatic carbocycles. The first-order valence-electron chi connectivity index (χ1n) is 9.61. The Morgan fingerprint density at radius 1 is 1.18 bits per heavy atom. The van der Waals surface area contributed by atoms with Gasteiger partial charge in [0.2, 0.25) is 5.91 Å². The second-order valence-electron chi connectivity index (χ2n) is 6.86. The van der Waals surface area contributed by atoms with Crippen LogP contribution in [0.15, 0.2) is 48.5 Å². The smallest absolute Gasteiger partial charge is 0.255 e. The normalized spacial score (nSPS) is 16.5. The molecular formula is C22H25ClN2O3. The molecule has 0 spiro atoms. The van der Waals surface area contributed by atoms with Crippen LogP contribution in [0.1, 0.15) is 35.7 Å². The van der Waals surface area contributed by atoms with Crippen LogP contribution in [0, 0.1) is 5.92 Å². The van der Waals surface area contributed by atoms with Gasteiger partial charge in [-0.1, -0.05) is 35.9 Å². The maximum absolute atomic E-state index is 12.8. The van der Waals surface area contributed by atoms with Crippen LogP contribution in [0.2, 0.25) is 5.02 Å². The van der Waals surface area contributed by atoms with Crippen LogP contribution < -0.4 is 10.1 Å². The van der Waals surface area contributed by atoms with Gasteiger partial charge in [0.25, 0.3) is 5.91 Å². The van der Waals surface area contributed by atoms with Gasteiger partial charge in [-0.3, -0.25) is 9.59 Å². The van der Waals surface area contributed by atoms with Crippen LogP contribution in [0.25, 0.3) is 0 Å². The molecule has 1 atom stereocenters. The van der Waals surface area contributed by atoms with Gasteiger partial charge in [-0.2, -0.15) is 0 Å². The van der Waals surface area contributed by atoms with Crippen molar-refractivity contribution >= 4 is 23.4 Å². The quantitative estimate of drug-likeness (QED) is 0.799. The number of benzene rings is 2. The van der Waals surface area contributed by atoms with Crippen molar-refractivity contribution in [2.24, 2.45) is 5.92 Å². The minimum absolute atomic E-state index is 0.0226. The van der Waals surface area contributed by atoms with Gasteiger partial charge < -0.3 is 15.0 Å². The summed E-state index contributed by atoms with van der Waals surface area (Å²) in [5.41, 5.74) is 1.50. The first-order valence-corrected chi connectivity index (χ1v) is 9.99. The molecule has 0 aromatic heterocycles. The molecule has 0 saturated carbocycles. The van der Waals surface area contributed by atoms with Gasteiger partial charge in [-0.05, 0) is 49.6 Å². The van der Waals surface area contributed by atoms with Crippen LogP contribution in [0.4, 0.5) is 0 Å². The lowest BCUT2D eigenvalue weighted by molar-refractivity contribution is -0.126. The van der Waals surface area contributed by atoms with Crippen molar-refractivity contribution in [3.05, 3.63) is 64.7 Å². The van der Waals surface area contributed by atoms with E-state index in [0.717, 1.165) is 24.2 Å². The van der Waals surface area contributed by atoms with Gasteiger partial charge in [-0.25, -0.2) is 0 Å². The summed E-state index contributed by atoms with van der Waals surface area (Å²) in [4.78, 5) is 27.1. The fourth-order valence-corrected chi connectivity index (χ4v) is 3.60. The topological polar surface area (TPSA) is 58.6 Å². The molecule has 148 valence electrons. The first kappa shape index (κ1) is 20.2. The Balaban J connectivity index is 1.55. The number of amides is 2. The molecule has 3 rings (SSSR count). The predicted octanol–water partition coefficient (Wildman–Crippen LogP) is 3.91. The molecule has 1 heterocycles. The Kier molecular flexibility index (Phi) is 6.93. The van der Waals surface area contributed by atoms with E-state index in [1.807, 2.05) is 31.2 Å². The average molecular weight is 401 g/mol. The lowest BCUT2D eigenvalue weighted by Crippen LogP contribution is -2.45. The molecule has 1 aliphatic heterocycles. The zero-order valence-corrected chi connectivity index (χ0v) is 16.7. The fraction of sp³-hybridized carbons (Fsp3) is 0.364. The van der Waals surface area contributed by atoms with Gasteiger partial charge in [0.05, 0.1) is 23.1 Å². The summed E-state index contributed by atoms with van der Waals surface area (Å²) in [6.45, 7) is 4.09. The average Bonchev–Trinajstić information content (AvgIpc) is 2.73. The highest BCUT2D eigenvalue weighted by Crippen LogP contribution is 2.22. The number of nitrogens with zero attached hydrogens (tertiary/aromatic N) is 1. The molecule has 1 aliphatic rings. The summed E-state index contributed by atoms with van der Waals surface area (Å²) >= 11 is 6.15. The Hall–Kier alpha value is -2.53. The van der Waals surface area contributed by atoms with Gasteiger partial charge in [-0.15, -0.1) is 0 Å². The van der Waals surface area contributed by atoms with Crippen molar-refractivity contribution in [1.82, 2.24) is 10.2 Å². The molecule has 1 saturated heterocycles. The molecule has 1 N–H and O–H groups in total. The molecule has 28 heavy (non-hydrogen) atoms. The summed E-state index contributed by atoms with van der Waals surface area (Å²) in [5.74, 6) is 0.474. The number of carbonyl (C=O) groups is 2.